The molecule has 6 rings (SSSR count). The van der Waals surface area contributed by atoms with Crippen molar-refractivity contribution in [3.63, 3.8) is 0 Å². The van der Waals surface area contributed by atoms with E-state index in [0.717, 1.165) is 40.3 Å². The molecule has 41 heavy (non-hydrogen) atoms. The molecule has 4 aromatic carbocycles. The third kappa shape index (κ3) is 5.07. The summed E-state index contributed by atoms with van der Waals surface area (Å²) in [6, 6.07) is 27.6. The van der Waals surface area contributed by atoms with Crippen LogP contribution in [0.2, 0.25) is 0 Å². The van der Waals surface area contributed by atoms with E-state index < -0.39 is 0 Å². The average Bonchev–Trinajstić information content (AvgIpc) is 3.51. The molecule has 0 aromatic heterocycles. The molecule has 7 heteroatoms. The Morgan fingerprint density at radius 1 is 0.805 bits per heavy atom. The van der Waals surface area contributed by atoms with Crippen molar-refractivity contribution in [2.75, 3.05) is 37.3 Å². The van der Waals surface area contributed by atoms with E-state index in [1.165, 1.54) is 0 Å². The standard InChI is InChI=1S/C34H33N3O4/c1-39-29-19-21(20-30(40-2)33(29)41-3)31-26-12-7-11-25(26)27-13-8-14-28(32(27)37-31)34(38)36-24-17-15-23(16-18-24)35-22-9-5-4-6-10-22/h4-11,13-20,25-26,31,35,37H,12H2,1-3H3,(H,36,38). The molecule has 2 aliphatic rings. The minimum Gasteiger partial charge on any atom is -0.493 e. The van der Waals surface area contributed by atoms with Crippen LogP contribution in [0.3, 0.4) is 0 Å². The van der Waals surface area contributed by atoms with Crippen LogP contribution in [0.15, 0.2) is 97.1 Å². The Hall–Kier alpha value is -4.91. The number of fused-ring (bicyclic) bond motifs is 3. The Bertz CT molecular complexity index is 1560. The summed E-state index contributed by atoms with van der Waals surface area (Å²) >= 11 is 0. The van der Waals surface area contributed by atoms with Crippen LogP contribution in [-0.2, 0) is 0 Å². The minimum absolute atomic E-state index is 0.0616. The molecule has 0 saturated carbocycles. The van der Waals surface area contributed by atoms with Gasteiger partial charge in [0.2, 0.25) is 5.75 Å². The molecule has 0 fully saturated rings. The molecular weight excluding hydrogens is 514 g/mol. The normalized spacial score (nSPS) is 18.5. The van der Waals surface area contributed by atoms with Gasteiger partial charge in [-0.25, -0.2) is 0 Å². The minimum atomic E-state index is -0.165. The molecular formula is C34H33N3O4. The first-order valence-corrected chi connectivity index (χ1v) is 13.7. The number of carbonyl (C=O) groups excluding carboxylic acids is 1. The van der Waals surface area contributed by atoms with Crippen molar-refractivity contribution < 1.29 is 19.0 Å². The second-order valence-corrected chi connectivity index (χ2v) is 10.2. The highest BCUT2D eigenvalue weighted by molar-refractivity contribution is 6.08. The summed E-state index contributed by atoms with van der Waals surface area (Å²) in [6.45, 7) is 0. The van der Waals surface area contributed by atoms with Gasteiger partial charge < -0.3 is 30.2 Å². The first-order chi connectivity index (χ1) is 20.1. The Morgan fingerprint density at radius 3 is 2.17 bits per heavy atom. The first-order valence-electron chi connectivity index (χ1n) is 13.7. The van der Waals surface area contributed by atoms with Gasteiger partial charge in [0.1, 0.15) is 0 Å². The lowest BCUT2D eigenvalue weighted by Crippen LogP contribution is -2.31. The van der Waals surface area contributed by atoms with Gasteiger partial charge in [-0.05, 0) is 78.1 Å². The van der Waals surface area contributed by atoms with Gasteiger partial charge in [-0.15, -0.1) is 0 Å². The van der Waals surface area contributed by atoms with Crippen LogP contribution < -0.4 is 30.2 Å². The fraction of sp³-hybridized carbons (Fsp3) is 0.206. The molecule has 0 radical (unpaired) electrons. The maximum absolute atomic E-state index is 13.6. The van der Waals surface area contributed by atoms with E-state index in [1.807, 2.05) is 78.9 Å². The monoisotopic (exact) mass is 547 g/mol. The zero-order valence-electron chi connectivity index (χ0n) is 23.3. The number of ether oxygens (including phenoxy) is 3. The van der Waals surface area contributed by atoms with E-state index in [4.69, 9.17) is 14.2 Å². The number of para-hydroxylation sites is 2. The number of benzene rings is 4. The predicted octanol–water partition coefficient (Wildman–Crippen LogP) is 7.53. The van der Waals surface area contributed by atoms with Crippen molar-refractivity contribution in [2.45, 2.75) is 18.4 Å². The van der Waals surface area contributed by atoms with Gasteiger partial charge in [0, 0.05) is 23.0 Å². The summed E-state index contributed by atoms with van der Waals surface area (Å²) in [5, 5.41) is 10.2. The van der Waals surface area contributed by atoms with Gasteiger partial charge >= 0.3 is 0 Å². The fourth-order valence-electron chi connectivity index (χ4n) is 5.95. The van der Waals surface area contributed by atoms with E-state index in [-0.39, 0.29) is 23.8 Å². The molecule has 1 aliphatic carbocycles. The lowest BCUT2D eigenvalue weighted by Gasteiger charge is -2.38. The highest BCUT2D eigenvalue weighted by Gasteiger charge is 2.40. The largest absolute Gasteiger partial charge is 0.493 e. The number of hydrogen-bond donors (Lipinski definition) is 3. The Morgan fingerprint density at radius 2 is 1.49 bits per heavy atom. The summed E-state index contributed by atoms with van der Waals surface area (Å²) < 4.78 is 16.8. The van der Waals surface area contributed by atoms with E-state index in [0.29, 0.717) is 22.8 Å². The molecule has 4 aromatic rings. The molecule has 3 N–H and O–H groups in total. The van der Waals surface area contributed by atoms with Gasteiger partial charge in [-0.3, -0.25) is 4.79 Å². The number of hydrogen-bond acceptors (Lipinski definition) is 6. The highest BCUT2D eigenvalue weighted by atomic mass is 16.5. The van der Waals surface area contributed by atoms with Gasteiger partial charge in [-0.2, -0.15) is 0 Å². The van der Waals surface area contributed by atoms with Gasteiger partial charge in [0.05, 0.1) is 38.6 Å². The van der Waals surface area contributed by atoms with Crippen LogP contribution >= 0.6 is 0 Å². The second-order valence-electron chi connectivity index (χ2n) is 10.2. The molecule has 3 unspecified atom stereocenters. The van der Waals surface area contributed by atoms with Gasteiger partial charge in [-0.1, -0.05) is 42.5 Å². The van der Waals surface area contributed by atoms with Crippen molar-refractivity contribution in [1.82, 2.24) is 0 Å². The number of amides is 1. The molecule has 1 aliphatic heterocycles. The van der Waals surface area contributed by atoms with Crippen LogP contribution in [0, 0.1) is 5.92 Å². The third-order valence-electron chi connectivity index (χ3n) is 7.89. The van der Waals surface area contributed by atoms with E-state index >= 15 is 0 Å². The van der Waals surface area contributed by atoms with Gasteiger partial charge in [0.25, 0.3) is 5.91 Å². The molecule has 3 atom stereocenters. The van der Waals surface area contributed by atoms with Crippen molar-refractivity contribution in [3.05, 3.63) is 114 Å². The number of methoxy groups -OCH3 is 3. The quantitative estimate of drug-likeness (QED) is 0.198. The number of allylic oxidation sites excluding steroid dienone is 2. The van der Waals surface area contributed by atoms with E-state index in [2.05, 4.69) is 34.2 Å². The maximum atomic E-state index is 13.6. The molecule has 0 spiro atoms. The SMILES string of the molecule is COc1cc(C2Nc3c(C(=O)Nc4ccc(Nc5ccccc5)cc4)cccc3C3C=CCC32)cc(OC)c1OC. The molecule has 0 saturated heterocycles. The summed E-state index contributed by atoms with van der Waals surface area (Å²) in [4.78, 5) is 13.6. The van der Waals surface area contributed by atoms with Gasteiger partial charge in [0.15, 0.2) is 11.5 Å². The smallest absolute Gasteiger partial charge is 0.257 e. The Labute approximate surface area is 240 Å². The topological polar surface area (TPSA) is 80.9 Å². The molecule has 208 valence electrons. The summed E-state index contributed by atoms with van der Waals surface area (Å²) in [5.41, 5.74) is 6.27. The summed E-state index contributed by atoms with van der Waals surface area (Å²) in [6.07, 6.45) is 5.42. The molecule has 1 heterocycles. The van der Waals surface area contributed by atoms with Crippen LogP contribution in [0.25, 0.3) is 0 Å². The van der Waals surface area contributed by atoms with Crippen LogP contribution in [0.5, 0.6) is 17.2 Å². The Balaban J connectivity index is 1.29. The van der Waals surface area contributed by atoms with Crippen molar-refractivity contribution in [1.29, 1.82) is 0 Å². The first kappa shape index (κ1) is 26.3. The molecule has 1 amide bonds. The van der Waals surface area contributed by atoms with E-state index in [9.17, 15) is 4.79 Å². The summed E-state index contributed by atoms with van der Waals surface area (Å²) in [7, 11) is 4.85. The average molecular weight is 548 g/mol. The lowest BCUT2D eigenvalue weighted by atomic mass is 9.76. The number of rotatable bonds is 8. The highest BCUT2D eigenvalue weighted by Crippen LogP contribution is 2.52. The Kier molecular flexibility index (Phi) is 7.25. The van der Waals surface area contributed by atoms with Crippen LogP contribution in [0.4, 0.5) is 22.7 Å². The molecule has 7 nitrogen and oxygen atoms in total. The van der Waals surface area contributed by atoms with E-state index in [1.54, 1.807) is 21.3 Å². The van der Waals surface area contributed by atoms with Crippen molar-refractivity contribution in [3.8, 4) is 17.2 Å². The second kappa shape index (κ2) is 11.3. The number of nitrogens with one attached hydrogen (secondary N) is 3. The fourth-order valence-corrected chi connectivity index (χ4v) is 5.95. The predicted molar refractivity (Wildman–Crippen MR) is 163 cm³/mol. The maximum Gasteiger partial charge on any atom is 0.257 e. The zero-order valence-corrected chi connectivity index (χ0v) is 23.3. The van der Waals surface area contributed by atoms with Crippen LogP contribution in [-0.4, -0.2) is 27.2 Å². The van der Waals surface area contributed by atoms with Crippen LogP contribution in [0.1, 0.15) is 39.9 Å². The zero-order chi connectivity index (χ0) is 28.3. The molecule has 0 bridgehead atoms. The van der Waals surface area contributed by atoms with Crippen molar-refractivity contribution >= 4 is 28.7 Å². The third-order valence-corrected chi connectivity index (χ3v) is 7.89. The number of carbonyl (C=O) groups is 1. The lowest BCUT2D eigenvalue weighted by molar-refractivity contribution is 0.102. The summed E-state index contributed by atoms with van der Waals surface area (Å²) in [5.74, 6) is 2.07. The van der Waals surface area contributed by atoms with Crippen molar-refractivity contribution in [2.24, 2.45) is 5.92 Å². The number of anilines is 4.